The van der Waals surface area contributed by atoms with Crippen molar-refractivity contribution in [3.8, 4) is 0 Å². The van der Waals surface area contributed by atoms with E-state index >= 15 is 0 Å². The molecule has 3 aliphatic rings. The number of amides is 1. The molecule has 2 saturated heterocycles. The summed E-state index contributed by atoms with van der Waals surface area (Å²) in [5.74, 6) is 1.08. The van der Waals surface area contributed by atoms with Crippen molar-refractivity contribution in [2.24, 2.45) is 11.7 Å². The summed E-state index contributed by atoms with van der Waals surface area (Å²) in [6.45, 7) is 8.39. The van der Waals surface area contributed by atoms with Crippen LogP contribution in [-0.2, 0) is 17.6 Å². The van der Waals surface area contributed by atoms with Crippen LogP contribution >= 0.6 is 0 Å². The van der Waals surface area contributed by atoms with Gasteiger partial charge >= 0.3 is 0 Å². The Balaban J connectivity index is 1.17. The van der Waals surface area contributed by atoms with E-state index in [9.17, 15) is 4.79 Å². The number of fused-ring (bicyclic) bond motifs is 1. The number of benzene rings is 1. The lowest BCUT2D eigenvalue weighted by atomic mass is 9.93. The van der Waals surface area contributed by atoms with Gasteiger partial charge < -0.3 is 15.5 Å². The fourth-order valence-electron chi connectivity index (χ4n) is 5.36. The Hall–Kier alpha value is -1.59. The van der Waals surface area contributed by atoms with Gasteiger partial charge in [-0.15, -0.1) is 0 Å². The summed E-state index contributed by atoms with van der Waals surface area (Å²) in [6.07, 6.45) is 8.91. The zero-order valence-electron chi connectivity index (χ0n) is 18.0. The topological polar surface area (TPSA) is 52.8 Å². The molecule has 0 atom stereocenters. The lowest BCUT2D eigenvalue weighted by molar-refractivity contribution is -0.132. The van der Waals surface area contributed by atoms with E-state index < -0.39 is 0 Å². The average molecular weight is 399 g/mol. The first-order chi connectivity index (χ1) is 14.2. The summed E-state index contributed by atoms with van der Waals surface area (Å²) in [5.41, 5.74) is 10.2. The molecule has 2 N–H and O–H groups in total. The molecule has 1 aromatic rings. The van der Waals surface area contributed by atoms with Crippen LogP contribution in [0.1, 0.15) is 49.7 Å². The maximum Gasteiger partial charge on any atom is 0.222 e. The Morgan fingerprint density at radius 2 is 1.83 bits per heavy atom. The smallest absolute Gasteiger partial charge is 0.222 e. The highest BCUT2D eigenvalue weighted by molar-refractivity contribution is 5.76. The molecule has 0 spiro atoms. The zero-order chi connectivity index (χ0) is 20.1. The predicted octanol–water partition coefficient (Wildman–Crippen LogP) is 2.66. The second-order valence-corrected chi connectivity index (χ2v) is 9.10. The first-order valence-corrected chi connectivity index (χ1v) is 11.8. The van der Waals surface area contributed by atoms with Gasteiger partial charge in [0.1, 0.15) is 0 Å². The Bertz CT molecular complexity index is 675. The van der Waals surface area contributed by atoms with E-state index in [1.807, 2.05) is 0 Å². The Kier molecular flexibility index (Phi) is 7.09. The van der Waals surface area contributed by atoms with Crippen LogP contribution in [0.15, 0.2) is 18.2 Å². The normalized spacial score (nSPS) is 20.9. The summed E-state index contributed by atoms with van der Waals surface area (Å²) < 4.78 is 0. The molecule has 2 fully saturated rings. The van der Waals surface area contributed by atoms with Crippen molar-refractivity contribution in [1.29, 1.82) is 0 Å². The van der Waals surface area contributed by atoms with Crippen LogP contribution in [0.25, 0.3) is 0 Å². The molecule has 160 valence electrons. The lowest BCUT2D eigenvalue weighted by Gasteiger charge is -2.38. The van der Waals surface area contributed by atoms with E-state index in [0.717, 1.165) is 38.5 Å². The second-order valence-electron chi connectivity index (χ2n) is 9.10. The van der Waals surface area contributed by atoms with Gasteiger partial charge in [-0.05, 0) is 81.1 Å². The Morgan fingerprint density at radius 1 is 1.03 bits per heavy atom. The molecule has 29 heavy (non-hydrogen) atoms. The van der Waals surface area contributed by atoms with Crippen LogP contribution in [0, 0.1) is 5.92 Å². The third-order valence-corrected chi connectivity index (χ3v) is 7.25. The number of rotatable bonds is 7. The minimum Gasteiger partial charge on any atom is -0.369 e. The van der Waals surface area contributed by atoms with Crippen molar-refractivity contribution in [2.75, 3.05) is 57.3 Å². The highest BCUT2D eigenvalue weighted by Crippen LogP contribution is 2.32. The molecule has 1 aromatic carbocycles. The quantitative estimate of drug-likeness (QED) is 0.767. The minimum atomic E-state index is 0.303. The second kappa shape index (κ2) is 9.94. The van der Waals surface area contributed by atoms with E-state index in [1.165, 1.54) is 63.8 Å². The Labute approximate surface area is 176 Å². The fraction of sp³-hybridized carbons (Fsp3) is 0.708. The number of hydrogen-bond acceptors (Lipinski definition) is 4. The van der Waals surface area contributed by atoms with Crippen LogP contribution in [0.2, 0.25) is 0 Å². The molecule has 0 bridgehead atoms. The standard InChI is InChI=1S/C24H38N4O/c25-12-3-8-24(29)28-14-10-20(11-15-28)9-13-26-16-18-27(19-17-26)23-7-2-5-21-4-1-6-22(21)23/h2,5,7,20H,1,3-4,6,8-19,25H2. The summed E-state index contributed by atoms with van der Waals surface area (Å²) >= 11 is 0. The van der Waals surface area contributed by atoms with Crippen LogP contribution in [0.3, 0.4) is 0 Å². The van der Waals surface area contributed by atoms with Gasteiger partial charge in [-0.25, -0.2) is 0 Å². The lowest BCUT2D eigenvalue weighted by Crippen LogP contribution is -2.47. The number of piperidine rings is 1. The van der Waals surface area contributed by atoms with E-state index in [2.05, 4.69) is 32.9 Å². The maximum atomic E-state index is 12.1. The molecule has 2 heterocycles. The van der Waals surface area contributed by atoms with E-state index in [1.54, 1.807) is 11.1 Å². The number of aryl methyl sites for hydroxylation is 1. The van der Waals surface area contributed by atoms with E-state index in [-0.39, 0.29) is 0 Å². The number of carbonyl (C=O) groups is 1. The molecule has 0 radical (unpaired) electrons. The summed E-state index contributed by atoms with van der Waals surface area (Å²) in [6, 6.07) is 6.90. The van der Waals surface area contributed by atoms with Gasteiger partial charge in [0.2, 0.25) is 5.91 Å². The third-order valence-electron chi connectivity index (χ3n) is 7.25. The first-order valence-electron chi connectivity index (χ1n) is 11.8. The van der Waals surface area contributed by atoms with Gasteiger partial charge in [-0.1, -0.05) is 12.1 Å². The number of nitrogens with zero attached hydrogens (tertiary/aromatic N) is 3. The van der Waals surface area contributed by atoms with Gasteiger partial charge in [0.25, 0.3) is 0 Å². The molecule has 0 unspecified atom stereocenters. The van der Waals surface area contributed by atoms with Crippen molar-refractivity contribution >= 4 is 11.6 Å². The van der Waals surface area contributed by atoms with Gasteiger partial charge in [0.15, 0.2) is 0 Å². The summed E-state index contributed by atoms with van der Waals surface area (Å²) in [7, 11) is 0. The Morgan fingerprint density at radius 3 is 2.59 bits per heavy atom. The van der Waals surface area contributed by atoms with Crippen molar-refractivity contribution in [1.82, 2.24) is 9.80 Å². The first kappa shape index (κ1) is 20.7. The molecule has 0 saturated carbocycles. The number of piperazine rings is 1. The van der Waals surface area contributed by atoms with Crippen LogP contribution in [-0.4, -0.2) is 68.1 Å². The van der Waals surface area contributed by atoms with Crippen molar-refractivity contribution in [3.05, 3.63) is 29.3 Å². The molecule has 4 rings (SSSR count). The van der Waals surface area contributed by atoms with Gasteiger partial charge in [-0.3, -0.25) is 9.69 Å². The number of hydrogen-bond donors (Lipinski definition) is 1. The van der Waals surface area contributed by atoms with Crippen LogP contribution < -0.4 is 10.6 Å². The van der Waals surface area contributed by atoms with Gasteiger partial charge in [-0.2, -0.15) is 0 Å². The molecule has 2 aliphatic heterocycles. The number of carbonyl (C=O) groups excluding carboxylic acids is 1. The van der Waals surface area contributed by atoms with E-state index in [4.69, 9.17) is 5.73 Å². The molecule has 5 nitrogen and oxygen atoms in total. The van der Waals surface area contributed by atoms with Crippen molar-refractivity contribution < 1.29 is 4.79 Å². The highest BCUT2D eigenvalue weighted by Gasteiger charge is 2.25. The fourth-order valence-corrected chi connectivity index (χ4v) is 5.36. The minimum absolute atomic E-state index is 0.303. The van der Waals surface area contributed by atoms with Gasteiger partial charge in [0.05, 0.1) is 0 Å². The monoisotopic (exact) mass is 398 g/mol. The van der Waals surface area contributed by atoms with Crippen LogP contribution in [0.4, 0.5) is 5.69 Å². The number of anilines is 1. The predicted molar refractivity (Wildman–Crippen MR) is 119 cm³/mol. The highest BCUT2D eigenvalue weighted by atomic mass is 16.2. The number of likely N-dealkylation sites (tertiary alicyclic amines) is 1. The molecule has 1 amide bonds. The zero-order valence-corrected chi connectivity index (χ0v) is 18.0. The summed E-state index contributed by atoms with van der Waals surface area (Å²) in [5, 5.41) is 0. The summed E-state index contributed by atoms with van der Waals surface area (Å²) in [4.78, 5) is 19.5. The van der Waals surface area contributed by atoms with Crippen LogP contribution in [0.5, 0.6) is 0 Å². The molecule has 0 aromatic heterocycles. The molecule has 1 aliphatic carbocycles. The third kappa shape index (κ3) is 5.13. The van der Waals surface area contributed by atoms with E-state index in [0.29, 0.717) is 18.9 Å². The molecule has 5 heteroatoms. The van der Waals surface area contributed by atoms with Crippen molar-refractivity contribution in [3.63, 3.8) is 0 Å². The largest absolute Gasteiger partial charge is 0.369 e. The molecular weight excluding hydrogens is 360 g/mol. The SMILES string of the molecule is NCCCC(=O)N1CCC(CCN2CCN(c3cccc4c3CCC4)CC2)CC1. The molecular formula is C24H38N4O. The van der Waals surface area contributed by atoms with Crippen molar-refractivity contribution in [2.45, 2.75) is 51.4 Å². The number of nitrogens with two attached hydrogens (primary N) is 1. The van der Waals surface area contributed by atoms with Gasteiger partial charge in [0, 0.05) is 51.4 Å². The average Bonchev–Trinajstić information content (AvgIpc) is 3.26. The maximum absolute atomic E-state index is 12.1.